The second-order valence-electron chi connectivity index (χ2n) is 7.46. The summed E-state index contributed by atoms with van der Waals surface area (Å²) in [6, 6.07) is 11.3. The number of urea groups is 1. The van der Waals surface area contributed by atoms with E-state index in [1.54, 1.807) is 23.1 Å². The second-order valence-corrected chi connectivity index (χ2v) is 7.46. The SMILES string of the molecule is CCOc1ccc2[nH]c3c(c2c1)CC1C(=O)N(C)C(=O)N1C3c1cccc(O)c1. The summed E-state index contributed by atoms with van der Waals surface area (Å²) in [5.41, 5.74) is 3.56. The normalized spacial score (nSPS) is 20.9. The highest BCUT2D eigenvalue weighted by atomic mass is 16.5. The lowest BCUT2D eigenvalue weighted by molar-refractivity contribution is -0.127. The zero-order valence-electron chi connectivity index (χ0n) is 16.2. The minimum atomic E-state index is -0.568. The Morgan fingerprint density at radius 2 is 2.03 bits per heavy atom. The number of fused-ring (bicyclic) bond motifs is 4. The van der Waals surface area contributed by atoms with E-state index < -0.39 is 12.1 Å². The molecule has 2 aromatic carbocycles. The molecule has 2 aliphatic heterocycles. The van der Waals surface area contributed by atoms with E-state index in [0.717, 1.165) is 33.5 Å². The van der Waals surface area contributed by atoms with E-state index in [1.807, 2.05) is 31.2 Å². The lowest BCUT2D eigenvalue weighted by Gasteiger charge is -2.36. The van der Waals surface area contributed by atoms with E-state index in [2.05, 4.69) is 4.98 Å². The highest BCUT2D eigenvalue weighted by Gasteiger charge is 2.51. The monoisotopic (exact) mass is 391 g/mol. The summed E-state index contributed by atoms with van der Waals surface area (Å²) in [4.78, 5) is 32.0. The lowest BCUT2D eigenvalue weighted by atomic mass is 9.89. The molecule has 29 heavy (non-hydrogen) atoms. The molecule has 1 aromatic heterocycles. The van der Waals surface area contributed by atoms with E-state index in [0.29, 0.717) is 13.0 Å². The number of rotatable bonds is 3. The number of nitrogens with one attached hydrogen (secondary N) is 1. The van der Waals surface area contributed by atoms with Gasteiger partial charge in [0.05, 0.1) is 6.61 Å². The Kier molecular flexibility index (Phi) is 3.81. The number of phenolic OH excluding ortho intramolecular Hbond substituents is 1. The van der Waals surface area contributed by atoms with Crippen LogP contribution < -0.4 is 4.74 Å². The summed E-state index contributed by atoms with van der Waals surface area (Å²) in [7, 11) is 1.52. The van der Waals surface area contributed by atoms with Gasteiger partial charge in [0, 0.05) is 30.1 Å². The Morgan fingerprint density at radius 3 is 2.79 bits per heavy atom. The molecule has 2 aliphatic rings. The van der Waals surface area contributed by atoms with Crippen LogP contribution in [0, 0.1) is 0 Å². The second kappa shape index (κ2) is 6.27. The van der Waals surface area contributed by atoms with Crippen molar-refractivity contribution >= 4 is 22.8 Å². The molecular weight excluding hydrogens is 370 g/mol. The van der Waals surface area contributed by atoms with Crippen molar-refractivity contribution in [2.75, 3.05) is 13.7 Å². The van der Waals surface area contributed by atoms with Gasteiger partial charge in [-0.15, -0.1) is 0 Å². The average Bonchev–Trinajstić information content (AvgIpc) is 3.17. The van der Waals surface area contributed by atoms with E-state index in [-0.39, 0.29) is 17.7 Å². The summed E-state index contributed by atoms with van der Waals surface area (Å²) in [6.45, 7) is 2.50. The highest BCUT2D eigenvalue weighted by molar-refractivity contribution is 6.05. The van der Waals surface area contributed by atoms with Gasteiger partial charge in [-0.1, -0.05) is 12.1 Å². The van der Waals surface area contributed by atoms with Crippen molar-refractivity contribution in [3.8, 4) is 11.5 Å². The van der Waals surface area contributed by atoms with Gasteiger partial charge in [0.25, 0.3) is 5.91 Å². The topological polar surface area (TPSA) is 85.9 Å². The van der Waals surface area contributed by atoms with E-state index >= 15 is 0 Å². The first-order valence-corrected chi connectivity index (χ1v) is 9.65. The predicted octanol–water partition coefficient (Wildman–Crippen LogP) is 3.18. The summed E-state index contributed by atoms with van der Waals surface area (Å²) in [5, 5.41) is 11.0. The molecule has 0 aliphatic carbocycles. The first-order chi connectivity index (χ1) is 14.0. The largest absolute Gasteiger partial charge is 0.508 e. The maximum Gasteiger partial charge on any atom is 0.328 e. The number of aromatic hydroxyl groups is 1. The van der Waals surface area contributed by atoms with Gasteiger partial charge in [0.2, 0.25) is 0 Å². The number of aromatic amines is 1. The number of aromatic nitrogens is 1. The Bertz CT molecular complexity index is 1150. The smallest absolute Gasteiger partial charge is 0.328 e. The number of imide groups is 1. The van der Waals surface area contributed by atoms with Crippen molar-refractivity contribution in [1.82, 2.24) is 14.8 Å². The molecule has 2 unspecified atom stereocenters. The molecule has 3 aromatic rings. The van der Waals surface area contributed by atoms with Gasteiger partial charge in [-0.25, -0.2) is 4.79 Å². The van der Waals surface area contributed by atoms with Crippen LogP contribution in [0.15, 0.2) is 42.5 Å². The van der Waals surface area contributed by atoms with Crippen LogP contribution in [-0.4, -0.2) is 51.5 Å². The third kappa shape index (κ3) is 2.50. The number of likely N-dealkylation sites (N-methyl/N-ethyl adjacent to an activating group) is 1. The fourth-order valence-electron chi connectivity index (χ4n) is 4.53. The van der Waals surface area contributed by atoms with Gasteiger partial charge < -0.3 is 14.8 Å². The quantitative estimate of drug-likeness (QED) is 0.672. The first kappa shape index (κ1) is 17.6. The van der Waals surface area contributed by atoms with Gasteiger partial charge in [0.1, 0.15) is 23.6 Å². The van der Waals surface area contributed by atoms with Crippen molar-refractivity contribution in [2.24, 2.45) is 0 Å². The molecule has 0 spiro atoms. The minimum Gasteiger partial charge on any atom is -0.508 e. The fraction of sp³-hybridized carbons (Fsp3) is 0.273. The number of benzene rings is 2. The van der Waals surface area contributed by atoms with E-state index in [4.69, 9.17) is 4.74 Å². The Balaban J connectivity index is 1.75. The number of nitrogens with zero attached hydrogens (tertiary/aromatic N) is 2. The molecule has 0 bridgehead atoms. The number of H-pyrrole nitrogens is 1. The Hall–Kier alpha value is -3.48. The van der Waals surface area contributed by atoms with Gasteiger partial charge in [-0.2, -0.15) is 0 Å². The maximum atomic E-state index is 12.9. The van der Waals surface area contributed by atoms with Crippen LogP contribution in [-0.2, 0) is 11.2 Å². The number of ether oxygens (including phenoxy) is 1. The molecular formula is C22H21N3O4. The number of hydrogen-bond acceptors (Lipinski definition) is 4. The number of carbonyl (C=O) groups is 2. The predicted molar refractivity (Wildman–Crippen MR) is 107 cm³/mol. The van der Waals surface area contributed by atoms with Crippen molar-refractivity contribution < 1.29 is 19.4 Å². The zero-order valence-corrected chi connectivity index (χ0v) is 16.2. The van der Waals surface area contributed by atoms with Crippen LogP contribution in [0.4, 0.5) is 4.79 Å². The van der Waals surface area contributed by atoms with Crippen LogP contribution in [0.5, 0.6) is 11.5 Å². The van der Waals surface area contributed by atoms with Crippen LogP contribution in [0.3, 0.4) is 0 Å². The third-order valence-corrected chi connectivity index (χ3v) is 5.82. The molecule has 2 atom stereocenters. The molecule has 0 radical (unpaired) electrons. The Labute approximate surface area is 167 Å². The van der Waals surface area contributed by atoms with Gasteiger partial charge >= 0.3 is 6.03 Å². The molecule has 7 heteroatoms. The van der Waals surface area contributed by atoms with Crippen molar-refractivity contribution in [3.05, 3.63) is 59.3 Å². The van der Waals surface area contributed by atoms with Crippen LogP contribution in [0.1, 0.15) is 29.8 Å². The van der Waals surface area contributed by atoms with Crippen molar-refractivity contribution in [3.63, 3.8) is 0 Å². The number of amides is 3. The molecule has 7 nitrogen and oxygen atoms in total. The van der Waals surface area contributed by atoms with Crippen LogP contribution in [0.2, 0.25) is 0 Å². The molecule has 1 fully saturated rings. The standard InChI is InChI=1S/C22H21N3O4/c1-3-29-14-7-8-17-15(10-14)16-11-18-21(27)24(2)22(28)25(18)20(19(16)23-17)12-5-4-6-13(26)9-12/h4-10,18,20,23,26H,3,11H2,1-2H3. The third-order valence-electron chi connectivity index (χ3n) is 5.82. The van der Waals surface area contributed by atoms with Crippen LogP contribution >= 0.6 is 0 Å². The molecule has 0 saturated carbocycles. The number of hydrogen-bond donors (Lipinski definition) is 2. The summed E-state index contributed by atoms with van der Waals surface area (Å²) in [5.74, 6) is 0.678. The summed E-state index contributed by atoms with van der Waals surface area (Å²) in [6.07, 6.45) is 0.440. The fourth-order valence-corrected chi connectivity index (χ4v) is 4.53. The molecule has 5 rings (SSSR count). The molecule has 148 valence electrons. The van der Waals surface area contributed by atoms with Gasteiger partial charge in [-0.3, -0.25) is 14.6 Å². The van der Waals surface area contributed by atoms with Gasteiger partial charge in [-0.05, 0) is 48.4 Å². The molecule has 3 amide bonds. The number of phenols is 1. The zero-order chi connectivity index (χ0) is 20.3. The van der Waals surface area contributed by atoms with Gasteiger partial charge in [0.15, 0.2) is 0 Å². The van der Waals surface area contributed by atoms with E-state index in [1.165, 1.54) is 11.9 Å². The summed E-state index contributed by atoms with van der Waals surface area (Å²) < 4.78 is 5.66. The first-order valence-electron chi connectivity index (χ1n) is 9.65. The maximum absolute atomic E-state index is 12.9. The average molecular weight is 391 g/mol. The van der Waals surface area contributed by atoms with E-state index in [9.17, 15) is 14.7 Å². The van der Waals surface area contributed by atoms with Crippen LogP contribution in [0.25, 0.3) is 10.9 Å². The highest BCUT2D eigenvalue weighted by Crippen LogP contribution is 2.44. The molecule has 2 N–H and O–H groups in total. The Morgan fingerprint density at radius 1 is 1.21 bits per heavy atom. The lowest BCUT2D eigenvalue weighted by Crippen LogP contribution is -2.44. The molecule has 1 saturated heterocycles. The van der Waals surface area contributed by atoms with Crippen molar-refractivity contribution in [2.45, 2.75) is 25.4 Å². The minimum absolute atomic E-state index is 0.118. The summed E-state index contributed by atoms with van der Waals surface area (Å²) >= 11 is 0. The van der Waals surface area contributed by atoms with Crippen molar-refractivity contribution in [1.29, 1.82) is 0 Å². The molecule has 3 heterocycles. The number of carbonyl (C=O) groups excluding carboxylic acids is 2.